The number of halogens is 1. The minimum atomic E-state index is -3.38. The fourth-order valence-electron chi connectivity index (χ4n) is 0.995. The summed E-state index contributed by atoms with van der Waals surface area (Å²) in [6.45, 7) is 1.52. The van der Waals surface area contributed by atoms with Crippen molar-refractivity contribution in [1.82, 2.24) is 0 Å². The number of anilines is 1. The van der Waals surface area contributed by atoms with Crippen molar-refractivity contribution >= 4 is 37.8 Å². The van der Waals surface area contributed by atoms with Gasteiger partial charge in [-0.15, -0.1) is 0 Å². The fourth-order valence-corrected chi connectivity index (χ4v) is 2.52. The van der Waals surface area contributed by atoms with Crippen LogP contribution in [0.2, 0.25) is 0 Å². The van der Waals surface area contributed by atoms with Gasteiger partial charge in [0.1, 0.15) is 0 Å². The molecule has 0 aliphatic carbocycles. The van der Waals surface area contributed by atoms with Crippen molar-refractivity contribution in [1.29, 1.82) is 0 Å². The molecule has 0 atom stereocenters. The number of hydrogen-bond donors (Lipinski definition) is 1. The van der Waals surface area contributed by atoms with E-state index in [0.29, 0.717) is 5.69 Å². The smallest absolute Gasteiger partial charge is 0.335 e. The van der Waals surface area contributed by atoms with E-state index in [1.165, 1.54) is 31.2 Å². The highest BCUT2D eigenvalue weighted by Crippen LogP contribution is 2.22. The summed E-state index contributed by atoms with van der Waals surface area (Å²) in [7, 11) is -3.38. The molecule has 0 bridgehead atoms. The highest BCUT2D eigenvalue weighted by atomic mass is 79.9. The molecular weight excluding hydrogens is 298 g/mol. The third kappa shape index (κ3) is 2.73. The minimum Gasteiger partial charge on any atom is -0.478 e. The number of nitrogens with zero attached hydrogens (tertiary/aromatic N) is 1. The van der Waals surface area contributed by atoms with E-state index in [0.717, 1.165) is 3.33 Å². The summed E-state index contributed by atoms with van der Waals surface area (Å²) in [4.78, 5) is 10.6. The maximum absolute atomic E-state index is 11.5. The average molecular weight is 308 g/mol. The monoisotopic (exact) mass is 307 g/mol. The molecule has 7 heteroatoms. The van der Waals surface area contributed by atoms with Gasteiger partial charge in [0.25, 0.3) is 0 Å². The zero-order valence-electron chi connectivity index (χ0n) is 8.42. The molecule has 1 aromatic rings. The third-order valence-corrected chi connectivity index (χ3v) is 5.09. The van der Waals surface area contributed by atoms with Gasteiger partial charge in [0, 0.05) is 0 Å². The molecule has 0 radical (unpaired) electrons. The summed E-state index contributed by atoms with van der Waals surface area (Å²) < 4.78 is 23.9. The Morgan fingerprint density at radius 3 is 2.25 bits per heavy atom. The maximum atomic E-state index is 11.5. The van der Waals surface area contributed by atoms with Crippen molar-refractivity contribution in [3.8, 4) is 0 Å². The van der Waals surface area contributed by atoms with Crippen LogP contribution in [0.3, 0.4) is 0 Å². The van der Waals surface area contributed by atoms with Gasteiger partial charge in [0.15, 0.2) is 0 Å². The van der Waals surface area contributed by atoms with Gasteiger partial charge in [-0.1, -0.05) is 0 Å². The predicted molar refractivity (Wildman–Crippen MR) is 64.3 cm³/mol. The second-order valence-electron chi connectivity index (χ2n) is 2.97. The molecule has 1 aromatic carbocycles. The van der Waals surface area contributed by atoms with Crippen LogP contribution in [0.15, 0.2) is 24.3 Å². The van der Waals surface area contributed by atoms with Gasteiger partial charge in [-0.3, -0.25) is 0 Å². The van der Waals surface area contributed by atoms with Gasteiger partial charge in [-0.2, -0.15) is 0 Å². The zero-order valence-corrected chi connectivity index (χ0v) is 10.8. The number of benzene rings is 1. The van der Waals surface area contributed by atoms with Crippen molar-refractivity contribution in [3.63, 3.8) is 0 Å². The molecule has 0 aliphatic heterocycles. The molecule has 5 nitrogen and oxygen atoms in total. The quantitative estimate of drug-likeness (QED) is 0.861. The summed E-state index contributed by atoms with van der Waals surface area (Å²) in [6, 6.07) is 5.53. The van der Waals surface area contributed by atoms with E-state index in [4.69, 9.17) is 5.11 Å². The summed E-state index contributed by atoms with van der Waals surface area (Å²) in [6.07, 6.45) is 0. The maximum Gasteiger partial charge on any atom is 0.335 e. The van der Waals surface area contributed by atoms with Crippen LogP contribution in [0.4, 0.5) is 5.69 Å². The Bertz CT molecular complexity index is 483. The second kappa shape index (κ2) is 4.84. The lowest BCUT2D eigenvalue weighted by atomic mass is 10.2. The Labute approximate surface area is 102 Å². The Morgan fingerprint density at radius 1 is 1.38 bits per heavy atom. The minimum absolute atomic E-state index is 0.0427. The van der Waals surface area contributed by atoms with Crippen LogP contribution in [-0.4, -0.2) is 25.2 Å². The Balaban J connectivity index is 3.03. The average Bonchev–Trinajstić information content (AvgIpc) is 2.28. The first kappa shape index (κ1) is 13.0. The summed E-state index contributed by atoms with van der Waals surface area (Å²) >= 11 is 2.93. The van der Waals surface area contributed by atoms with Gasteiger partial charge in [0.05, 0.1) is 33.2 Å². The molecule has 16 heavy (non-hydrogen) atoms. The number of carboxylic acids is 1. The molecule has 0 spiro atoms. The Kier molecular flexibility index (Phi) is 3.93. The molecule has 0 aliphatic rings. The van der Waals surface area contributed by atoms with E-state index >= 15 is 0 Å². The van der Waals surface area contributed by atoms with Gasteiger partial charge >= 0.3 is 5.97 Å². The Morgan fingerprint density at radius 2 is 1.88 bits per heavy atom. The molecule has 1 N–H and O–H groups in total. The number of carbonyl (C=O) groups is 1. The van der Waals surface area contributed by atoms with Gasteiger partial charge in [-0.05, 0) is 31.2 Å². The third-order valence-electron chi connectivity index (χ3n) is 1.93. The molecule has 0 heterocycles. The van der Waals surface area contributed by atoms with Crippen molar-refractivity contribution in [2.75, 3.05) is 9.08 Å². The largest absolute Gasteiger partial charge is 0.478 e. The number of carboxylic acid groups (broad SMARTS) is 1. The highest BCUT2D eigenvalue weighted by Gasteiger charge is 2.17. The van der Waals surface area contributed by atoms with Crippen LogP contribution in [0, 0.1) is 0 Å². The highest BCUT2D eigenvalue weighted by molar-refractivity contribution is 9.11. The molecule has 0 amide bonds. The van der Waals surface area contributed by atoms with Crippen LogP contribution in [-0.2, 0) is 10.0 Å². The van der Waals surface area contributed by atoms with Crippen LogP contribution in [0.25, 0.3) is 0 Å². The second-order valence-corrected chi connectivity index (χ2v) is 6.25. The first-order valence-corrected chi connectivity index (χ1v) is 6.72. The molecule has 1 rings (SSSR count). The summed E-state index contributed by atoms with van der Waals surface area (Å²) in [5, 5.41) is 8.68. The lowest BCUT2D eigenvalue weighted by molar-refractivity contribution is 0.0697. The molecule has 0 aromatic heterocycles. The van der Waals surface area contributed by atoms with E-state index in [2.05, 4.69) is 16.1 Å². The van der Waals surface area contributed by atoms with Crippen LogP contribution in [0.1, 0.15) is 17.3 Å². The van der Waals surface area contributed by atoms with E-state index in [1.54, 1.807) is 0 Å². The van der Waals surface area contributed by atoms with Gasteiger partial charge < -0.3 is 5.11 Å². The molecule has 0 saturated carbocycles. The fraction of sp³-hybridized carbons (Fsp3) is 0.222. The SMILES string of the molecule is CCS(=O)(=O)N(Br)c1ccc(C(=O)O)cc1. The number of sulfonamides is 1. The van der Waals surface area contributed by atoms with Crippen molar-refractivity contribution in [3.05, 3.63) is 29.8 Å². The molecule has 0 unspecified atom stereocenters. The van der Waals surface area contributed by atoms with Crippen molar-refractivity contribution < 1.29 is 18.3 Å². The summed E-state index contributed by atoms with van der Waals surface area (Å²) in [5.74, 6) is -1.09. The van der Waals surface area contributed by atoms with Crippen molar-refractivity contribution in [2.24, 2.45) is 0 Å². The lowest BCUT2D eigenvalue weighted by Gasteiger charge is -2.15. The van der Waals surface area contributed by atoms with Crippen LogP contribution in [0.5, 0.6) is 0 Å². The first-order chi connectivity index (χ1) is 7.38. The van der Waals surface area contributed by atoms with Gasteiger partial charge in [0.2, 0.25) is 10.0 Å². The normalized spacial score (nSPS) is 11.1. The van der Waals surface area contributed by atoms with Gasteiger partial charge in [-0.25, -0.2) is 16.5 Å². The Hall–Kier alpha value is -1.08. The van der Waals surface area contributed by atoms with E-state index in [-0.39, 0.29) is 11.3 Å². The van der Waals surface area contributed by atoms with Crippen LogP contribution >= 0.6 is 16.1 Å². The molecule has 0 saturated heterocycles. The van der Waals surface area contributed by atoms with Crippen molar-refractivity contribution in [2.45, 2.75) is 6.92 Å². The molecule has 88 valence electrons. The topological polar surface area (TPSA) is 74.7 Å². The number of hydrogen-bond acceptors (Lipinski definition) is 3. The lowest BCUT2D eigenvalue weighted by Crippen LogP contribution is -2.22. The first-order valence-electron chi connectivity index (χ1n) is 4.40. The molecule has 0 fully saturated rings. The molecular formula is C9H10BrNO4S. The van der Waals surface area contributed by atoms with E-state index < -0.39 is 16.0 Å². The number of aromatic carboxylic acids is 1. The van der Waals surface area contributed by atoms with E-state index in [1.807, 2.05) is 0 Å². The standard InChI is InChI=1S/C9H10BrNO4S/c1-2-16(14,15)11(10)8-5-3-7(4-6-8)9(12)13/h3-6H,2H2,1H3,(H,12,13). The number of rotatable bonds is 4. The van der Waals surface area contributed by atoms with Crippen LogP contribution < -0.4 is 3.33 Å². The summed E-state index contributed by atoms with van der Waals surface area (Å²) in [5.41, 5.74) is 0.477. The van der Waals surface area contributed by atoms with E-state index in [9.17, 15) is 13.2 Å². The zero-order chi connectivity index (χ0) is 12.3. The predicted octanol–water partition coefficient (Wildman–Crippen LogP) is 1.85.